The lowest BCUT2D eigenvalue weighted by Gasteiger charge is -2.29. The maximum absolute atomic E-state index is 11.9. The second-order valence-electron chi connectivity index (χ2n) is 6.01. The van der Waals surface area contributed by atoms with Crippen LogP contribution in [0.3, 0.4) is 0 Å². The maximum atomic E-state index is 11.9. The average molecular weight is 288 g/mol. The third-order valence-electron chi connectivity index (χ3n) is 4.17. The lowest BCUT2D eigenvalue weighted by atomic mass is 9.86. The van der Waals surface area contributed by atoms with Crippen molar-refractivity contribution in [3.63, 3.8) is 0 Å². The predicted octanol–water partition coefficient (Wildman–Crippen LogP) is 2.31. The summed E-state index contributed by atoms with van der Waals surface area (Å²) >= 11 is 0. The summed E-state index contributed by atoms with van der Waals surface area (Å²) in [4.78, 5) is 23.8. The van der Waals surface area contributed by atoms with Crippen LogP contribution in [0.2, 0.25) is 0 Å². The molecule has 0 spiro atoms. The van der Waals surface area contributed by atoms with Crippen molar-refractivity contribution >= 4 is 11.8 Å². The topological polar surface area (TPSA) is 58.2 Å². The standard InChI is InChI=1S/C17H24N2O2/c1-12-6-5-8-14(10-12)11-18-16(20)17(21)19-15-9-4-3-7-13(15)2/h5-6,8,10,13,15H,3-4,7,9,11H2,1-2H3,(H,18,20)(H,19,21)/t13-,15-/m1/s1. The van der Waals surface area contributed by atoms with Crippen LogP contribution in [-0.2, 0) is 16.1 Å². The number of hydrogen-bond acceptors (Lipinski definition) is 2. The molecule has 0 heterocycles. The minimum absolute atomic E-state index is 0.135. The zero-order valence-electron chi connectivity index (χ0n) is 12.8. The Morgan fingerprint density at radius 1 is 1.19 bits per heavy atom. The molecular weight excluding hydrogens is 264 g/mol. The van der Waals surface area contributed by atoms with E-state index in [4.69, 9.17) is 0 Å². The fraction of sp³-hybridized carbons (Fsp3) is 0.529. The number of carbonyl (C=O) groups excluding carboxylic acids is 2. The van der Waals surface area contributed by atoms with E-state index >= 15 is 0 Å². The van der Waals surface area contributed by atoms with Gasteiger partial charge < -0.3 is 10.6 Å². The maximum Gasteiger partial charge on any atom is 0.309 e. The van der Waals surface area contributed by atoms with Gasteiger partial charge in [0.1, 0.15) is 0 Å². The van der Waals surface area contributed by atoms with E-state index < -0.39 is 11.8 Å². The molecule has 0 aliphatic heterocycles. The monoisotopic (exact) mass is 288 g/mol. The minimum Gasteiger partial charge on any atom is -0.345 e. The van der Waals surface area contributed by atoms with Crippen LogP contribution in [0.15, 0.2) is 24.3 Å². The third-order valence-corrected chi connectivity index (χ3v) is 4.17. The number of rotatable bonds is 3. The summed E-state index contributed by atoms with van der Waals surface area (Å²) in [6.45, 7) is 4.52. The first-order valence-corrected chi connectivity index (χ1v) is 7.70. The van der Waals surface area contributed by atoms with Crippen LogP contribution in [0.5, 0.6) is 0 Å². The zero-order valence-corrected chi connectivity index (χ0v) is 12.8. The van der Waals surface area contributed by atoms with Gasteiger partial charge >= 0.3 is 11.8 Å². The van der Waals surface area contributed by atoms with Gasteiger partial charge in [0, 0.05) is 12.6 Å². The molecule has 4 nitrogen and oxygen atoms in total. The number of benzene rings is 1. The Morgan fingerprint density at radius 3 is 2.67 bits per heavy atom. The molecule has 0 bridgehead atoms. The van der Waals surface area contributed by atoms with Crippen molar-refractivity contribution in [2.45, 2.75) is 52.1 Å². The molecule has 1 fully saturated rings. The highest BCUT2D eigenvalue weighted by Gasteiger charge is 2.25. The van der Waals surface area contributed by atoms with Gasteiger partial charge in [-0.2, -0.15) is 0 Å². The summed E-state index contributed by atoms with van der Waals surface area (Å²) in [5.74, 6) is -0.608. The fourth-order valence-electron chi connectivity index (χ4n) is 2.85. The molecule has 21 heavy (non-hydrogen) atoms. The molecule has 0 saturated heterocycles. The van der Waals surface area contributed by atoms with E-state index in [0.29, 0.717) is 12.5 Å². The molecule has 114 valence electrons. The quantitative estimate of drug-likeness (QED) is 0.839. The molecule has 4 heteroatoms. The molecule has 1 saturated carbocycles. The molecule has 2 rings (SSSR count). The normalized spacial score (nSPS) is 21.6. The van der Waals surface area contributed by atoms with Crippen LogP contribution in [0.25, 0.3) is 0 Å². The van der Waals surface area contributed by atoms with E-state index in [0.717, 1.165) is 30.4 Å². The van der Waals surface area contributed by atoms with Gasteiger partial charge in [-0.3, -0.25) is 9.59 Å². The van der Waals surface area contributed by atoms with Gasteiger partial charge in [-0.15, -0.1) is 0 Å². The van der Waals surface area contributed by atoms with Crippen LogP contribution >= 0.6 is 0 Å². The average Bonchev–Trinajstić information content (AvgIpc) is 2.47. The van der Waals surface area contributed by atoms with Crippen LogP contribution in [0.1, 0.15) is 43.7 Å². The largest absolute Gasteiger partial charge is 0.345 e. The molecule has 2 amide bonds. The Morgan fingerprint density at radius 2 is 1.95 bits per heavy atom. The van der Waals surface area contributed by atoms with E-state index in [9.17, 15) is 9.59 Å². The van der Waals surface area contributed by atoms with E-state index in [2.05, 4.69) is 17.6 Å². The SMILES string of the molecule is Cc1cccc(CNC(=O)C(=O)N[C@@H]2CCCC[C@H]2C)c1. The van der Waals surface area contributed by atoms with Gasteiger partial charge in [-0.05, 0) is 31.2 Å². The predicted molar refractivity (Wildman–Crippen MR) is 82.6 cm³/mol. The highest BCUT2D eigenvalue weighted by molar-refractivity contribution is 6.35. The second kappa shape index (κ2) is 7.25. The van der Waals surface area contributed by atoms with E-state index in [1.165, 1.54) is 6.42 Å². The van der Waals surface area contributed by atoms with Crippen LogP contribution in [0, 0.1) is 12.8 Å². The smallest absolute Gasteiger partial charge is 0.309 e. The summed E-state index contributed by atoms with van der Waals surface area (Å²) < 4.78 is 0. The van der Waals surface area contributed by atoms with Crippen molar-refractivity contribution in [1.29, 1.82) is 0 Å². The van der Waals surface area contributed by atoms with Crippen molar-refractivity contribution in [3.8, 4) is 0 Å². The van der Waals surface area contributed by atoms with Gasteiger partial charge in [0.2, 0.25) is 0 Å². The molecule has 2 atom stereocenters. The number of hydrogen-bond donors (Lipinski definition) is 2. The lowest BCUT2D eigenvalue weighted by molar-refractivity contribution is -0.140. The molecule has 0 unspecified atom stereocenters. The summed E-state index contributed by atoms with van der Waals surface area (Å²) in [5, 5.41) is 5.54. The van der Waals surface area contributed by atoms with Gasteiger partial charge in [-0.25, -0.2) is 0 Å². The number of nitrogens with one attached hydrogen (secondary N) is 2. The summed E-state index contributed by atoms with van der Waals surface area (Å²) in [5.41, 5.74) is 2.14. The van der Waals surface area contributed by atoms with E-state index in [1.54, 1.807) is 0 Å². The number of aryl methyl sites for hydroxylation is 1. The number of amides is 2. The molecule has 2 N–H and O–H groups in total. The first-order chi connectivity index (χ1) is 10.1. The third kappa shape index (κ3) is 4.59. The van der Waals surface area contributed by atoms with Crippen molar-refractivity contribution in [1.82, 2.24) is 10.6 Å². The lowest BCUT2D eigenvalue weighted by Crippen LogP contribution is -2.47. The molecular formula is C17H24N2O2. The molecule has 1 aromatic rings. The van der Waals surface area contributed by atoms with E-state index in [-0.39, 0.29) is 6.04 Å². The Kier molecular flexibility index (Phi) is 5.37. The Hall–Kier alpha value is -1.84. The van der Waals surface area contributed by atoms with Crippen molar-refractivity contribution in [2.24, 2.45) is 5.92 Å². The minimum atomic E-state index is -0.547. The van der Waals surface area contributed by atoms with Crippen LogP contribution in [0.4, 0.5) is 0 Å². The van der Waals surface area contributed by atoms with Crippen molar-refractivity contribution in [2.75, 3.05) is 0 Å². The highest BCUT2D eigenvalue weighted by atomic mass is 16.2. The number of carbonyl (C=O) groups is 2. The highest BCUT2D eigenvalue weighted by Crippen LogP contribution is 2.23. The Labute approximate surface area is 126 Å². The summed E-state index contributed by atoms with van der Waals surface area (Å²) in [6.07, 6.45) is 4.43. The van der Waals surface area contributed by atoms with Crippen LogP contribution < -0.4 is 10.6 Å². The van der Waals surface area contributed by atoms with Gasteiger partial charge in [-0.1, -0.05) is 49.6 Å². The first-order valence-electron chi connectivity index (χ1n) is 7.70. The first kappa shape index (κ1) is 15.5. The fourth-order valence-corrected chi connectivity index (χ4v) is 2.85. The van der Waals surface area contributed by atoms with Crippen LogP contribution in [-0.4, -0.2) is 17.9 Å². The van der Waals surface area contributed by atoms with Gasteiger partial charge in [0.15, 0.2) is 0 Å². The second-order valence-corrected chi connectivity index (χ2v) is 6.01. The van der Waals surface area contributed by atoms with Crippen molar-refractivity contribution in [3.05, 3.63) is 35.4 Å². The van der Waals surface area contributed by atoms with Gasteiger partial charge in [0.05, 0.1) is 0 Å². The molecule has 1 aliphatic carbocycles. The van der Waals surface area contributed by atoms with E-state index in [1.807, 2.05) is 31.2 Å². The molecule has 0 aromatic heterocycles. The molecule has 1 aliphatic rings. The Bertz CT molecular complexity index is 513. The summed E-state index contributed by atoms with van der Waals surface area (Å²) in [6, 6.07) is 8.02. The zero-order chi connectivity index (χ0) is 15.2. The van der Waals surface area contributed by atoms with Crippen molar-refractivity contribution < 1.29 is 9.59 Å². The Balaban J connectivity index is 1.81. The molecule has 0 radical (unpaired) electrons. The molecule has 1 aromatic carbocycles. The summed E-state index contributed by atoms with van der Waals surface area (Å²) in [7, 11) is 0. The van der Waals surface area contributed by atoms with Gasteiger partial charge in [0.25, 0.3) is 0 Å².